The van der Waals surface area contributed by atoms with Crippen molar-refractivity contribution in [1.29, 1.82) is 0 Å². The molecule has 6 nitrogen and oxygen atoms in total. The van der Waals surface area contributed by atoms with E-state index in [4.69, 9.17) is 19.0 Å². The third-order valence-corrected chi connectivity index (χ3v) is 5.81. The monoisotopic (exact) mass is 379 g/mol. The van der Waals surface area contributed by atoms with Gasteiger partial charge in [-0.2, -0.15) is 0 Å². The summed E-state index contributed by atoms with van der Waals surface area (Å²) in [5.41, 5.74) is 3.87. The fourth-order valence-corrected chi connectivity index (χ4v) is 4.50. The highest BCUT2D eigenvalue weighted by molar-refractivity contribution is 5.80. The van der Waals surface area contributed by atoms with Crippen molar-refractivity contribution >= 4 is 17.1 Å². The number of rotatable bonds is 4. The van der Waals surface area contributed by atoms with Crippen LogP contribution in [0, 0.1) is 0 Å². The smallest absolute Gasteiger partial charge is 0.307 e. The highest BCUT2D eigenvalue weighted by Gasteiger charge is 2.44. The number of oxazole rings is 1. The lowest BCUT2D eigenvalue weighted by Crippen LogP contribution is -2.30. The minimum absolute atomic E-state index is 0.0353. The van der Waals surface area contributed by atoms with E-state index < -0.39 is 5.97 Å². The summed E-state index contributed by atoms with van der Waals surface area (Å²) in [7, 11) is 1.65. The largest absolute Gasteiger partial charge is 0.493 e. The molecule has 0 saturated heterocycles. The lowest BCUT2D eigenvalue weighted by Gasteiger charge is -2.22. The topological polar surface area (TPSA) is 81.8 Å². The number of ether oxygens (including phenoxy) is 2. The molecule has 6 heteroatoms. The summed E-state index contributed by atoms with van der Waals surface area (Å²) in [6.45, 7) is 0. The minimum Gasteiger partial charge on any atom is -0.493 e. The summed E-state index contributed by atoms with van der Waals surface area (Å²) >= 11 is 0. The maximum Gasteiger partial charge on any atom is 0.307 e. The first-order valence-corrected chi connectivity index (χ1v) is 9.57. The van der Waals surface area contributed by atoms with Gasteiger partial charge in [-0.3, -0.25) is 4.79 Å². The van der Waals surface area contributed by atoms with Gasteiger partial charge in [0.15, 0.2) is 17.1 Å². The quantitative estimate of drug-likeness (QED) is 0.724. The number of benzene rings is 2. The van der Waals surface area contributed by atoms with Crippen LogP contribution in [0.15, 0.2) is 34.7 Å². The number of carboxylic acids is 1. The molecule has 28 heavy (non-hydrogen) atoms. The van der Waals surface area contributed by atoms with E-state index >= 15 is 0 Å². The summed E-state index contributed by atoms with van der Waals surface area (Å²) in [5.74, 6) is 1.20. The molecule has 0 unspecified atom stereocenters. The second-order valence-corrected chi connectivity index (χ2v) is 7.68. The van der Waals surface area contributed by atoms with E-state index in [2.05, 4.69) is 4.98 Å². The number of aliphatic carboxylic acids is 1. The zero-order chi connectivity index (χ0) is 19.3. The van der Waals surface area contributed by atoms with Crippen LogP contribution in [0.1, 0.15) is 36.8 Å². The average molecular weight is 379 g/mol. The Labute approximate surface area is 162 Å². The summed E-state index contributed by atoms with van der Waals surface area (Å²) in [6.07, 6.45) is 5.26. The van der Waals surface area contributed by atoms with Crippen LogP contribution in [0.5, 0.6) is 11.5 Å². The zero-order valence-electron chi connectivity index (χ0n) is 15.7. The molecule has 2 aromatic carbocycles. The summed E-state index contributed by atoms with van der Waals surface area (Å²) in [5, 5.41) is 9.01. The van der Waals surface area contributed by atoms with Crippen molar-refractivity contribution in [2.75, 3.05) is 7.11 Å². The first-order chi connectivity index (χ1) is 13.6. The maximum atomic E-state index is 11.0. The van der Waals surface area contributed by atoms with Crippen LogP contribution in [0.25, 0.3) is 22.6 Å². The fraction of sp³-hybridized carbons (Fsp3) is 0.364. The van der Waals surface area contributed by atoms with E-state index in [0.717, 1.165) is 41.9 Å². The van der Waals surface area contributed by atoms with Crippen LogP contribution in [-0.2, 0) is 17.6 Å². The Morgan fingerprint density at radius 1 is 1.25 bits per heavy atom. The molecule has 144 valence electrons. The molecule has 2 heterocycles. The van der Waals surface area contributed by atoms with Crippen molar-refractivity contribution in [3.63, 3.8) is 0 Å². The number of hydrogen-bond acceptors (Lipinski definition) is 5. The predicted molar refractivity (Wildman–Crippen MR) is 103 cm³/mol. The molecule has 2 aliphatic rings. The fourth-order valence-electron chi connectivity index (χ4n) is 4.50. The molecule has 5 rings (SSSR count). The van der Waals surface area contributed by atoms with Gasteiger partial charge in [0.1, 0.15) is 11.1 Å². The lowest BCUT2D eigenvalue weighted by molar-refractivity contribution is -0.136. The van der Waals surface area contributed by atoms with Crippen LogP contribution >= 0.6 is 0 Å². The molecule has 0 atom stereocenters. The Kier molecular flexibility index (Phi) is 3.82. The van der Waals surface area contributed by atoms with Gasteiger partial charge in [0.05, 0.1) is 13.5 Å². The van der Waals surface area contributed by atoms with Crippen LogP contribution in [0.3, 0.4) is 0 Å². The van der Waals surface area contributed by atoms with Crippen molar-refractivity contribution in [2.24, 2.45) is 0 Å². The van der Waals surface area contributed by atoms with E-state index in [1.54, 1.807) is 25.3 Å². The number of nitrogens with zero attached hydrogens (tertiary/aromatic N) is 1. The van der Waals surface area contributed by atoms with Gasteiger partial charge < -0.3 is 19.0 Å². The highest BCUT2D eigenvalue weighted by atomic mass is 16.5. The van der Waals surface area contributed by atoms with Gasteiger partial charge in [-0.15, -0.1) is 0 Å². The number of carbonyl (C=O) groups is 1. The molecule has 3 aromatic rings. The standard InChI is InChI=1S/C22H21NO5/c1-26-18-7-5-14(15-12-22(28-20(15)18)8-2-3-9-22)21-23-16-10-13(11-19(24)25)4-6-17(16)27-21/h4-7,10H,2-3,8-9,11-12H2,1H3,(H,24,25). The molecule has 1 aliphatic carbocycles. The van der Waals surface area contributed by atoms with Crippen molar-refractivity contribution < 1.29 is 23.8 Å². The Bertz CT molecular complexity index is 1080. The lowest BCUT2D eigenvalue weighted by atomic mass is 9.93. The van der Waals surface area contributed by atoms with E-state index in [1.165, 1.54) is 12.8 Å². The summed E-state index contributed by atoms with van der Waals surface area (Å²) in [4.78, 5) is 15.6. The minimum atomic E-state index is -0.866. The summed E-state index contributed by atoms with van der Waals surface area (Å²) < 4.78 is 18.0. The van der Waals surface area contributed by atoms with Gasteiger partial charge in [-0.25, -0.2) is 4.98 Å². The average Bonchev–Trinajstić information content (AvgIpc) is 3.38. The molecular weight excluding hydrogens is 358 g/mol. The Balaban J connectivity index is 1.59. The van der Waals surface area contributed by atoms with Crippen LogP contribution < -0.4 is 9.47 Å². The van der Waals surface area contributed by atoms with E-state index in [-0.39, 0.29) is 12.0 Å². The van der Waals surface area contributed by atoms with Gasteiger partial charge in [0, 0.05) is 17.5 Å². The van der Waals surface area contributed by atoms with Crippen LogP contribution in [-0.4, -0.2) is 28.8 Å². The number of hydrogen-bond donors (Lipinski definition) is 1. The van der Waals surface area contributed by atoms with Crippen molar-refractivity contribution in [3.05, 3.63) is 41.5 Å². The number of fused-ring (bicyclic) bond motifs is 2. The first kappa shape index (κ1) is 17.1. The van der Waals surface area contributed by atoms with E-state index in [9.17, 15) is 4.79 Å². The van der Waals surface area contributed by atoms with Gasteiger partial charge in [-0.1, -0.05) is 6.07 Å². The van der Waals surface area contributed by atoms with Crippen molar-refractivity contribution in [1.82, 2.24) is 4.98 Å². The molecule has 1 aliphatic heterocycles. The second kappa shape index (κ2) is 6.26. The van der Waals surface area contributed by atoms with Crippen molar-refractivity contribution in [3.8, 4) is 23.0 Å². The Morgan fingerprint density at radius 2 is 2.07 bits per heavy atom. The molecule has 1 spiro atoms. The SMILES string of the molecule is COc1ccc(-c2nc3cc(CC(=O)O)ccc3o2)c2c1OC1(CCCC1)C2. The van der Waals surface area contributed by atoms with Crippen LogP contribution in [0.4, 0.5) is 0 Å². The number of carboxylic acid groups (broad SMARTS) is 1. The van der Waals surface area contributed by atoms with Crippen LogP contribution in [0.2, 0.25) is 0 Å². The third-order valence-electron chi connectivity index (χ3n) is 5.81. The van der Waals surface area contributed by atoms with E-state index in [1.807, 2.05) is 12.1 Å². The molecule has 1 N–H and O–H groups in total. The third kappa shape index (κ3) is 2.71. The van der Waals surface area contributed by atoms with Gasteiger partial charge in [0.25, 0.3) is 0 Å². The van der Waals surface area contributed by atoms with Gasteiger partial charge in [0.2, 0.25) is 5.89 Å². The second-order valence-electron chi connectivity index (χ2n) is 7.68. The maximum absolute atomic E-state index is 11.0. The molecular formula is C22H21NO5. The summed E-state index contributed by atoms with van der Waals surface area (Å²) in [6, 6.07) is 9.18. The normalized spacial score (nSPS) is 17.0. The Morgan fingerprint density at radius 3 is 2.82 bits per heavy atom. The first-order valence-electron chi connectivity index (χ1n) is 9.57. The molecule has 1 saturated carbocycles. The molecule has 0 radical (unpaired) electrons. The highest BCUT2D eigenvalue weighted by Crippen LogP contribution is 2.51. The van der Waals surface area contributed by atoms with E-state index in [0.29, 0.717) is 22.6 Å². The van der Waals surface area contributed by atoms with Gasteiger partial charge >= 0.3 is 5.97 Å². The zero-order valence-corrected chi connectivity index (χ0v) is 15.7. The Hall–Kier alpha value is -3.02. The predicted octanol–water partition coefficient (Wildman–Crippen LogP) is 4.38. The number of methoxy groups -OCH3 is 1. The molecule has 1 fully saturated rings. The van der Waals surface area contributed by atoms with Crippen molar-refractivity contribution in [2.45, 2.75) is 44.1 Å². The van der Waals surface area contributed by atoms with Gasteiger partial charge in [-0.05, 0) is 55.5 Å². The number of aromatic nitrogens is 1. The molecule has 1 aromatic heterocycles. The molecule has 0 amide bonds. The molecule has 0 bridgehead atoms.